The quantitative estimate of drug-likeness (QED) is 0.741. The first kappa shape index (κ1) is 19.2. The van der Waals surface area contributed by atoms with Gasteiger partial charge < -0.3 is 16.4 Å². The second kappa shape index (κ2) is 7.95. The van der Waals surface area contributed by atoms with Crippen molar-refractivity contribution in [1.82, 2.24) is 4.90 Å². The summed E-state index contributed by atoms with van der Waals surface area (Å²) in [5.74, 6) is 0.554. The van der Waals surface area contributed by atoms with Crippen LogP contribution >= 0.6 is 23.2 Å². The molecule has 1 saturated heterocycles. The predicted octanol–water partition coefficient (Wildman–Crippen LogP) is 4.68. The van der Waals surface area contributed by atoms with Gasteiger partial charge in [0, 0.05) is 42.5 Å². The Morgan fingerprint density at radius 1 is 1.00 bits per heavy atom. The summed E-state index contributed by atoms with van der Waals surface area (Å²) in [6, 6.07) is 11.4. The molecule has 4 N–H and O–H groups in total. The molecule has 1 unspecified atom stereocenters. The monoisotopic (exact) mass is 392 g/mol. The number of hydrogen-bond donors (Lipinski definition) is 2. The standard InChI is InChI=1S/C20H26Cl2N4/c1-13(2)11-25-9-10-26(20-15(22)6-4-8-17(20)24)12-18(25)19-14(21)5-3-7-16(19)23/h3-8,13,18H,9-12,23-24H2,1-2H3. The number of nitrogens with zero attached hydrogens (tertiary/aromatic N) is 2. The molecule has 2 aromatic rings. The van der Waals surface area contributed by atoms with Crippen molar-refractivity contribution >= 4 is 40.3 Å². The fourth-order valence-corrected chi connectivity index (χ4v) is 4.37. The lowest BCUT2D eigenvalue weighted by Crippen LogP contribution is -2.50. The zero-order valence-electron chi connectivity index (χ0n) is 15.3. The summed E-state index contributed by atoms with van der Waals surface area (Å²) in [4.78, 5) is 4.72. The average Bonchev–Trinajstić information content (AvgIpc) is 2.56. The maximum absolute atomic E-state index is 6.55. The van der Waals surface area contributed by atoms with Gasteiger partial charge in [0.25, 0.3) is 0 Å². The van der Waals surface area contributed by atoms with Crippen molar-refractivity contribution in [2.45, 2.75) is 19.9 Å². The first-order chi connectivity index (χ1) is 12.4. The summed E-state index contributed by atoms with van der Waals surface area (Å²) in [6.07, 6.45) is 0. The van der Waals surface area contributed by atoms with Gasteiger partial charge in [0.05, 0.1) is 22.4 Å². The van der Waals surface area contributed by atoms with Gasteiger partial charge in [-0.05, 0) is 30.2 Å². The number of nitrogen functional groups attached to an aromatic ring is 2. The molecule has 0 bridgehead atoms. The van der Waals surface area contributed by atoms with Crippen LogP contribution in [-0.2, 0) is 0 Å². The van der Waals surface area contributed by atoms with Crippen LogP contribution < -0.4 is 16.4 Å². The van der Waals surface area contributed by atoms with E-state index in [0.29, 0.717) is 21.7 Å². The highest BCUT2D eigenvalue weighted by Gasteiger charge is 2.32. The molecule has 2 aromatic carbocycles. The molecular weight excluding hydrogens is 367 g/mol. The second-order valence-corrected chi connectivity index (χ2v) is 8.09. The van der Waals surface area contributed by atoms with Gasteiger partial charge >= 0.3 is 0 Å². The summed E-state index contributed by atoms with van der Waals surface area (Å²) < 4.78 is 0. The lowest BCUT2D eigenvalue weighted by molar-refractivity contribution is 0.159. The Hall–Kier alpha value is -1.62. The fourth-order valence-electron chi connectivity index (χ4n) is 3.76. The molecule has 1 fully saturated rings. The third kappa shape index (κ3) is 3.88. The predicted molar refractivity (Wildman–Crippen MR) is 113 cm³/mol. The average molecular weight is 393 g/mol. The lowest BCUT2D eigenvalue weighted by atomic mass is 9.98. The van der Waals surface area contributed by atoms with Gasteiger partial charge in [0.1, 0.15) is 0 Å². The molecule has 0 aliphatic carbocycles. The minimum Gasteiger partial charge on any atom is -0.398 e. The first-order valence-electron chi connectivity index (χ1n) is 8.95. The van der Waals surface area contributed by atoms with Crippen LogP contribution in [0.2, 0.25) is 10.0 Å². The number of anilines is 3. The molecule has 4 nitrogen and oxygen atoms in total. The van der Waals surface area contributed by atoms with E-state index in [0.717, 1.165) is 43.1 Å². The number of hydrogen-bond acceptors (Lipinski definition) is 4. The smallest absolute Gasteiger partial charge is 0.0790 e. The molecule has 0 aromatic heterocycles. The normalized spacial score (nSPS) is 18.5. The van der Waals surface area contributed by atoms with E-state index in [2.05, 4.69) is 23.6 Å². The molecule has 0 radical (unpaired) electrons. The van der Waals surface area contributed by atoms with Crippen molar-refractivity contribution in [3.8, 4) is 0 Å². The molecule has 1 atom stereocenters. The zero-order chi connectivity index (χ0) is 18.8. The highest BCUT2D eigenvalue weighted by molar-refractivity contribution is 6.34. The lowest BCUT2D eigenvalue weighted by Gasteiger charge is -2.44. The Bertz CT molecular complexity index is 738. The Morgan fingerprint density at radius 2 is 1.65 bits per heavy atom. The summed E-state index contributed by atoms with van der Waals surface area (Å²) in [5, 5.41) is 1.38. The Morgan fingerprint density at radius 3 is 2.27 bits per heavy atom. The van der Waals surface area contributed by atoms with Crippen LogP contribution in [0, 0.1) is 5.92 Å². The largest absolute Gasteiger partial charge is 0.398 e. The Kier molecular flexibility index (Phi) is 5.86. The maximum atomic E-state index is 6.55. The van der Waals surface area contributed by atoms with E-state index in [1.807, 2.05) is 36.4 Å². The molecule has 3 rings (SSSR count). The molecule has 1 aliphatic heterocycles. The molecule has 26 heavy (non-hydrogen) atoms. The van der Waals surface area contributed by atoms with Crippen molar-refractivity contribution in [3.63, 3.8) is 0 Å². The van der Waals surface area contributed by atoms with Gasteiger partial charge in [-0.25, -0.2) is 0 Å². The number of benzene rings is 2. The van der Waals surface area contributed by atoms with Crippen molar-refractivity contribution in [1.29, 1.82) is 0 Å². The fraction of sp³-hybridized carbons (Fsp3) is 0.400. The topological polar surface area (TPSA) is 58.5 Å². The SMILES string of the molecule is CC(C)CN1CCN(c2c(N)cccc2Cl)CC1c1c(N)cccc1Cl. The summed E-state index contributed by atoms with van der Waals surface area (Å²) in [6.45, 7) is 7.95. The van der Waals surface area contributed by atoms with Gasteiger partial charge in [0.15, 0.2) is 0 Å². The van der Waals surface area contributed by atoms with E-state index < -0.39 is 0 Å². The number of para-hydroxylation sites is 1. The van der Waals surface area contributed by atoms with Crippen LogP contribution in [0.15, 0.2) is 36.4 Å². The molecule has 0 amide bonds. The maximum Gasteiger partial charge on any atom is 0.0790 e. The van der Waals surface area contributed by atoms with Crippen LogP contribution in [0.5, 0.6) is 0 Å². The van der Waals surface area contributed by atoms with Crippen molar-refractivity contribution in [2.75, 3.05) is 42.5 Å². The molecule has 1 aliphatic rings. The minimum absolute atomic E-state index is 0.0931. The number of rotatable bonds is 4. The van der Waals surface area contributed by atoms with Gasteiger partial charge in [-0.1, -0.05) is 49.2 Å². The van der Waals surface area contributed by atoms with Crippen molar-refractivity contribution in [2.24, 2.45) is 5.92 Å². The minimum atomic E-state index is 0.0931. The third-order valence-corrected chi connectivity index (χ3v) is 5.48. The van der Waals surface area contributed by atoms with Gasteiger partial charge in [0.2, 0.25) is 0 Å². The molecule has 1 heterocycles. The van der Waals surface area contributed by atoms with Crippen LogP contribution in [0.1, 0.15) is 25.5 Å². The number of halogens is 2. The van der Waals surface area contributed by atoms with E-state index in [4.69, 9.17) is 34.7 Å². The summed E-state index contributed by atoms with van der Waals surface area (Å²) in [7, 11) is 0. The van der Waals surface area contributed by atoms with Crippen molar-refractivity contribution in [3.05, 3.63) is 52.0 Å². The van der Waals surface area contributed by atoms with Crippen molar-refractivity contribution < 1.29 is 0 Å². The first-order valence-corrected chi connectivity index (χ1v) is 9.71. The van der Waals surface area contributed by atoms with Gasteiger partial charge in [-0.3, -0.25) is 4.90 Å². The van der Waals surface area contributed by atoms with Crippen LogP contribution in [0.3, 0.4) is 0 Å². The van der Waals surface area contributed by atoms with E-state index in [-0.39, 0.29) is 6.04 Å². The number of nitrogens with two attached hydrogens (primary N) is 2. The van der Waals surface area contributed by atoms with Crippen LogP contribution in [0.4, 0.5) is 17.1 Å². The highest BCUT2D eigenvalue weighted by Crippen LogP contribution is 2.39. The Balaban J connectivity index is 1.99. The van der Waals surface area contributed by atoms with E-state index >= 15 is 0 Å². The van der Waals surface area contributed by atoms with Crippen LogP contribution in [-0.4, -0.2) is 31.1 Å². The second-order valence-electron chi connectivity index (χ2n) is 7.27. The molecule has 140 valence electrons. The zero-order valence-corrected chi connectivity index (χ0v) is 16.8. The highest BCUT2D eigenvalue weighted by atomic mass is 35.5. The van der Waals surface area contributed by atoms with Gasteiger partial charge in [-0.2, -0.15) is 0 Å². The molecular formula is C20H26Cl2N4. The molecule has 0 spiro atoms. The van der Waals surface area contributed by atoms with E-state index in [9.17, 15) is 0 Å². The number of piperazine rings is 1. The molecule has 0 saturated carbocycles. The third-order valence-electron chi connectivity index (χ3n) is 4.84. The van der Waals surface area contributed by atoms with Gasteiger partial charge in [-0.15, -0.1) is 0 Å². The summed E-state index contributed by atoms with van der Waals surface area (Å²) >= 11 is 13.0. The van der Waals surface area contributed by atoms with E-state index in [1.165, 1.54) is 0 Å². The van der Waals surface area contributed by atoms with Crippen LogP contribution in [0.25, 0.3) is 0 Å². The van der Waals surface area contributed by atoms with E-state index in [1.54, 1.807) is 0 Å². The Labute approximate surface area is 165 Å². The summed E-state index contributed by atoms with van der Waals surface area (Å²) in [5.41, 5.74) is 15.8. The molecule has 6 heteroatoms.